The van der Waals surface area contributed by atoms with Crippen LogP contribution in [0, 0.1) is 0 Å². The number of fused-ring (bicyclic) bond motifs is 1. The van der Waals surface area contributed by atoms with Gasteiger partial charge in [-0.05, 0) is 36.2 Å². The molecule has 1 atom stereocenters. The first kappa shape index (κ1) is 13.1. The molecule has 2 aromatic carbocycles. The second-order valence-corrected chi connectivity index (χ2v) is 5.40. The number of rotatable bonds is 2. The molecular formula is C17H20N2O. The zero-order valence-electron chi connectivity index (χ0n) is 11.6. The van der Waals surface area contributed by atoms with E-state index in [1.54, 1.807) is 0 Å². The Balaban J connectivity index is 1.81. The highest BCUT2D eigenvalue weighted by atomic mass is 16.1. The minimum Gasteiger partial charge on any atom is -0.348 e. The van der Waals surface area contributed by atoms with E-state index in [-0.39, 0.29) is 11.9 Å². The van der Waals surface area contributed by atoms with Crippen molar-refractivity contribution in [3.05, 3.63) is 48.0 Å². The van der Waals surface area contributed by atoms with Crippen LogP contribution in [0.1, 0.15) is 29.6 Å². The molecule has 2 aromatic rings. The zero-order chi connectivity index (χ0) is 13.8. The molecule has 1 fully saturated rings. The first-order chi connectivity index (χ1) is 9.84. The summed E-state index contributed by atoms with van der Waals surface area (Å²) in [5.41, 5.74) is 0.771. The van der Waals surface area contributed by atoms with E-state index >= 15 is 0 Å². The molecule has 1 saturated heterocycles. The van der Waals surface area contributed by atoms with Crippen molar-refractivity contribution in [2.24, 2.45) is 0 Å². The first-order valence-corrected chi connectivity index (χ1v) is 7.34. The highest BCUT2D eigenvalue weighted by molar-refractivity contribution is 6.07. The van der Waals surface area contributed by atoms with Crippen molar-refractivity contribution in [2.75, 3.05) is 13.1 Å². The summed E-state index contributed by atoms with van der Waals surface area (Å²) in [5.74, 6) is 0.0375. The molecule has 104 valence electrons. The van der Waals surface area contributed by atoms with E-state index in [0.717, 1.165) is 35.8 Å². The van der Waals surface area contributed by atoms with Crippen molar-refractivity contribution in [2.45, 2.75) is 25.3 Å². The molecule has 0 saturated carbocycles. The van der Waals surface area contributed by atoms with Crippen molar-refractivity contribution >= 4 is 16.7 Å². The smallest absolute Gasteiger partial charge is 0.252 e. The van der Waals surface area contributed by atoms with Crippen LogP contribution >= 0.6 is 0 Å². The van der Waals surface area contributed by atoms with Crippen LogP contribution in [0.5, 0.6) is 0 Å². The van der Waals surface area contributed by atoms with Crippen LogP contribution in [0.2, 0.25) is 0 Å². The van der Waals surface area contributed by atoms with Gasteiger partial charge in [-0.3, -0.25) is 4.79 Å². The van der Waals surface area contributed by atoms with Crippen molar-refractivity contribution in [1.29, 1.82) is 0 Å². The predicted molar refractivity (Wildman–Crippen MR) is 81.9 cm³/mol. The van der Waals surface area contributed by atoms with E-state index < -0.39 is 0 Å². The lowest BCUT2D eigenvalue weighted by atomic mass is 10.0. The van der Waals surface area contributed by atoms with Crippen LogP contribution in [0.3, 0.4) is 0 Å². The molecule has 1 aliphatic rings. The number of nitrogens with one attached hydrogen (secondary N) is 2. The van der Waals surface area contributed by atoms with Crippen molar-refractivity contribution in [3.63, 3.8) is 0 Å². The van der Waals surface area contributed by atoms with Gasteiger partial charge >= 0.3 is 0 Å². The maximum absolute atomic E-state index is 12.5. The summed E-state index contributed by atoms with van der Waals surface area (Å²) < 4.78 is 0. The second kappa shape index (κ2) is 6.06. The predicted octanol–water partition coefficient (Wildman–Crippen LogP) is 2.71. The monoisotopic (exact) mass is 268 g/mol. The van der Waals surface area contributed by atoms with Gasteiger partial charge in [-0.1, -0.05) is 42.8 Å². The van der Waals surface area contributed by atoms with Gasteiger partial charge in [0, 0.05) is 18.2 Å². The van der Waals surface area contributed by atoms with Crippen LogP contribution in [0.4, 0.5) is 0 Å². The molecular weight excluding hydrogens is 248 g/mol. The minimum absolute atomic E-state index is 0.0375. The molecule has 1 heterocycles. The lowest BCUT2D eigenvalue weighted by molar-refractivity contribution is 0.0937. The molecule has 1 amide bonds. The van der Waals surface area contributed by atoms with Gasteiger partial charge in [0.15, 0.2) is 0 Å². The summed E-state index contributed by atoms with van der Waals surface area (Å²) in [6.45, 7) is 1.93. The van der Waals surface area contributed by atoms with Gasteiger partial charge in [-0.15, -0.1) is 0 Å². The molecule has 0 aromatic heterocycles. The average Bonchev–Trinajstić information content (AvgIpc) is 2.75. The summed E-state index contributed by atoms with van der Waals surface area (Å²) in [4.78, 5) is 12.5. The SMILES string of the molecule is O=C(NC1CCCCNC1)c1cccc2ccccc12. The lowest BCUT2D eigenvalue weighted by Gasteiger charge is -2.17. The van der Waals surface area contributed by atoms with Crippen LogP contribution in [0.25, 0.3) is 10.8 Å². The Morgan fingerprint density at radius 2 is 1.95 bits per heavy atom. The van der Waals surface area contributed by atoms with Crippen LogP contribution in [-0.2, 0) is 0 Å². The third-order valence-corrected chi connectivity index (χ3v) is 3.92. The fourth-order valence-electron chi connectivity index (χ4n) is 2.83. The van der Waals surface area contributed by atoms with Crippen LogP contribution < -0.4 is 10.6 Å². The second-order valence-electron chi connectivity index (χ2n) is 5.40. The molecule has 3 heteroatoms. The Hall–Kier alpha value is -1.87. The highest BCUT2D eigenvalue weighted by Crippen LogP contribution is 2.18. The summed E-state index contributed by atoms with van der Waals surface area (Å²) in [7, 11) is 0. The standard InChI is InChI=1S/C17H20N2O/c20-17(19-14-8-3-4-11-18-12-14)16-10-5-7-13-6-1-2-9-15(13)16/h1-2,5-7,9-10,14,18H,3-4,8,11-12H2,(H,19,20). The Labute approximate surface area is 119 Å². The fraction of sp³-hybridized carbons (Fsp3) is 0.353. The lowest BCUT2D eigenvalue weighted by Crippen LogP contribution is -2.40. The Morgan fingerprint density at radius 3 is 2.90 bits per heavy atom. The third kappa shape index (κ3) is 2.83. The van der Waals surface area contributed by atoms with Gasteiger partial charge in [-0.25, -0.2) is 0 Å². The molecule has 1 unspecified atom stereocenters. The summed E-state index contributed by atoms with van der Waals surface area (Å²) in [6, 6.07) is 14.2. The Bertz CT molecular complexity index is 595. The summed E-state index contributed by atoms with van der Waals surface area (Å²) >= 11 is 0. The molecule has 0 bridgehead atoms. The Morgan fingerprint density at radius 1 is 1.10 bits per heavy atom. The van der Waals surface area contributed by atoms with E-state index in [9.17, 15) is 4.79 Å². The van der Waals surface area contributed by atoms with Crippen molar-refractivity contribution in [3.8, 4) is 0 Å². The van der Waals surface area contributed by atoms with Gasteiger partial charge in [0.1, 0.15) is 0 Å². The molecule has 3 nitrogen and oxygen atoms in total. The van der Waals surface area contributed by atoms with E-state index in [0.29, 0.717) is 0 Å². The van der Waals surface area contributed by atoms with Crippen molar-refractivity contribution < 1.29 is 4.79 Å². The highest BCUT2D eigenvalue weighted by Gasteiger charge is 2.16. The zero-order valence-corrected chi connectivity index (χ0v) is 11.6. The molecule has 2 N–H and O–H groups in total. The average molecular weight is 268 g/mol. The number of carbonyl (C=O) groups excluding carboxylic acids is 1. The largest absolute Gasteiger partial charge is 0.348 e. The summed E-state index contributed by atoms with van der Waals surface area (Å²) in [6.07, 6.45) is 3.43. The number of benzene rings is 2. The van der Waals surface area contributed by atoms with E-state index in [4.69, 9.17) is 0 Å². The van der Waals surface area contributed by atoms with Gasteiger partial charge < -0.3 is 10.6 Å². The van der Waals surface area contributed by atoms with Crippen molar-refractivity contribution in [1.82, 2.24) is 10.6 Å². The van der Waals surface area contributed by atoms with E-state index in [1.165, 1.54) is 12.8 Å². The molecule has 20 heavy (non-hydrogen) atoms. The minimum atomic E-state index is 0.0375. The first-order valence-electron chi connectivity index (χ1n) is 7.34. The van der Waals surface area contributed by atoms with E-state index in [2.05, 4.69) is 10.6 Å². The van der Waals surface area contributed by atoms with Gasteiger partial charge in [0.05, 0.1) is 0 Å². The van der Waals surface area contributed by atoms with Gasteiger partial charge in [-0.2, -0.15) is 0 Å². The topological polar surface area (TPSA) is 41.1 Å². The molecule has 0 spiro atoms. The fourth-order valence-corrected chi connectivity index (χ4v) is 2.83. The molecule has 0 aliphatic carbocycles. The number of carbonyl (C=O) groups is 1. The molecule has 0 radical (unpaired) electrons. The van der Waals surface area contributed by atoms with Gasteiger partial charge in [0.25, 0.3) is 5.91 Å². The van der Waals surface area contributed by atoms with Crippen LogP contribution in [-0.4, -0.2) is 25.0 Å². The molecule has 3 rings (SSSR count). The maximum Gasteiger partial charge on any atom is 0.252 e. The Kier molecular flexibility index (Phi) is 3.97. The normalized spacial score (nSPS) is 19.5. The van der Waals surface area contributed by atoms with Crippen LogP contribution in [0.15, 0.2) is 42.5 Å². The molecule has 1 aliphatic heterocycles. The number of hydrogen-bond donors (Lipinski definition) is 2. The summed E-state index contributed by atoms with van der Waals surface area (Å²) in [5, 5.41) is 8.68. The third-order valence-electron chi connectivity index (χ3n) is 3.92. The quantitative estimate of drug-likeness (QED) is 0.879. The van der Waals surface area contributed by atoms with E-state index in [1.807, 2.05) is 42.5 Å². The van der Waals surface area contributed by atoms with Gasteiger partial charge in [0.2, 0.25) is 0 Å². The number of amides is 1. The maximum atomic E-state index is 12.5. The number of hydrogen-bond acceptors (Lipinski definition) is 2.